The molecule has 0 radical (unpaired) electrons. The minimum absolute atomic E-state index is 0.239. The summed E-state index contributed by atoms with van der Waals surface area (Å²) in [6.07, 6.45) is 0.239. The molecule has 1 aromatic carbocycles. The number of nitriles is 1. The molecule has 1 rings (SSSR count). The van der Waals surface area contributed by atoms with Crippen LogP contribution in [0.4, 0.5) is 0 Å². The molecule has 0 N–H and O–H groups in total. The lowest BCUT2D eigenvalue weighted by molar-refractivity contribution is 0.0124. The normalized spacial score (nSPS) is 10.3. The van der Waals surface area contributed by atoms with Crippen molar-refractivity contribution >= 4 is 0 Å². The van der Waals surface area contributed by atoms with E-state index in [1.807, 2.05) is 13.8 Å². The predicted octanol–water partition coefficient (Wildman–Crippen LogP) is 2.38. The molecule has 0 aliphatic rings. The quantitative estimate of drug-likeness (QED) is 0.664. The Bertz CT molecular complexity index is 368. The molecule has 0 aliphatic heterocycles. The van der Waals surface area contributed by atoms with Crippen LogP contribution in [-0.4, -0.2) is 32.5 Å². The summed E-state index contributed by atoms with van der Waals surface area (Å²) in [4.78, 5) is 0. The van der Waals surface area contributed by atoms with Gasteiger partial charge in [-0.15, -0.1) is 0 Å². The zero-order chi connectivity index (χ0) is 13.2. The van der Waals surface area contributed by atoms with Gasteiger partial charge in [-0.2, -0.15) is 5.26 Å². The van der Waals surface area contributed by atoms with Crippen LogP contribution in [0.1, 0.15) is 19.4 Å². The molecule has 0 saturated heterocycles. The van der Waals surface area contributed by atoms with Crippen LogP contribution in [0, 0.1) is 11.3 Å². The van der Waals surface area contributed by atoms with Gasteiger partial charge in [0.05, 0.1) is 37.6 Å². The molecule has 0 bridgehead atoms. The summed E-state index contributed by atoms with van der Waals surface area (Å²) in [6.45, 7) is 6.19. The summed E-state index contributed by atoms with van der Waals surface area (Å²) in [5.74, 6) is 0.746. The highest BCUT2D eigenvalue weighted by Gasteiger charge is 1.96. The van der Waals surface area contributed by atoms with E-state index in [-0.39, 0.29) is 6.10 Å². The van der Waals surface area contributed by atoms with E-state index in [4.69, 9.17) is 19.5 Å². The second kappa shape index (κ2) is 8.51. The molecule has 0 amide bonds. The van der Waals surface area contributed by atoms with Gasteiger partial charge in [0.1, 0.15) is 12.4 Å². The van der Waals surface area contributed by atoms with E-state index in [0.29, 0.717) is 32.0 Å². The molecule has 0 unspecified atom stereocenters. The summed E-state index contributed by atoms with van der Waals surface area (Å²) >= 11 is 0. The van der Waals surface area contributed by atoms with Crippen molar-refractivity contribution in [1.82, 2.24) is 0 Å². The van der Waals surface area contributed by atoms with Gasteiger partial charge in [-0.05, 0) is 38.1 Å². The van der Waals surface area contributed by atoms with Gasteiger partial charge >= 0.3 is 0 Å². The van der Waals surface area contributed by atoms with Gasteiger partial charge in [0.25, 0.3) is 0 Å². The highest BCUT2D eigenvalue weighted by atomic mass is 16.5. The Morgan fingerprint density at radius 3 is 2.33 bits per heavy atom. The maximum Gasteiger partial charge on any atom is 0.119 e. The van der Waals surface area contributed by atoms with Crippen molar-refractivity contribution in [2.75, 3.05) is 26.4 Å². The standard InChI is InChI=1S/C14H19NO3/c1-12(2)17-9-7-16-8-10-18-14-5-3-13(11-15)4-6-14/h3-6,12H,7-10H2,1-2H3. The average molecular weight is 249 g/mol. The van der Waals surface area contributed by atoms with Crippen LogP contribution >= 0.6 is 0 Å². The van der Waals surface area contributed by atoms with Gasteiger partial charge in [0.2, 0.25) is 0 Å². The molecule has 0 aliphatic carbocycles. The fraction of sp³-hybridized carbons (Fsp3) is 0.500. The van der Waals surface area contributed by atoms with E-state index < -0.39 is 0 Å². The molecule has 0 heterocycles. The first-order valence-corrected chi connectivity index (χ1v) is 6.04. The molecular weight excluding hydrogens is 230 g/mol. The zero-order valence-corrected chi connectivity index (χ0v) is 10.9. The number of hydrogen-bond acceptors (Lipinski definition) is 4. The molecule has 0 fully saturated rings. The molecule has 1 aromatic rings. The number of benzene rings is 1. The summed E-state index contributed by atoms with van der Waals surface area (Å²) in [7, 11) is 0. The molecule has 0 saturated carbocycles. The van der Waals surface area contributed by atoms with Gasteiger partial charge < -0.3 is 14.2 Å². The lowest BCUT2D eigenvalue weighted by Crippen LogP contribution is -2.13. The van der Waals surface area contributed by atoms with E-state index in [9.17, 15) is 0 Å². The molecule has 0 spiro atoms. The predicted molar refractivity (Wildman–Crippen MR) is 68.6 cm³/mol. The topological polar surface area (TPSA) is 51.5 Å². The first-order valence-electron chi connectivity index (χ1n) is 6.04. The highest BCUT2D eigenvalue weighted by Crippen LogP contribution is 2.11. The van der Waals surface area contributed by atoms with Crippen LogP contribution in [0.3, 0.4) is 0 Å². The Labute approximate surface area is 108 Å². The molecule has 0 aromatic heterocycles. The Morgan fingerprint density at radius 1 is 1.06 bits per heavy atom. The Morgan fingerprint density at radius 2 is 1.72 bits per heavy atom. The maximum absolute atomic E-state index is 8.64. The van der Waals surface area contributed by atoms with Gasteiger partial charge in [0.15, 0.2) is 0 Å². The smallest absolute Gasteiger partial charge is 0.119 e. The van der Waals surface area contributed by atoms with Crippen LogP contribution < -0.4 is 4.74 Å². The zero-order valence-electron chi connectivity index (χ0n) is 10.9. The van der Waals surface area contributed by atoms with Crippen molar-refractivity contribution in [2.24, 2.45) is 0 Å². The van der Waals surface area contributed by atoms with Crippen LogP contribution in [0.2, 0.25) is 0 Å². The number of rotatable bonds is 8. The van der Waals surface area contributed by atoms with Crippen LogP contribution in [0.5, 0.6) is 5.75 Å². The van der Waals surface area contributed by atoms with E-state index in [2.05, 4.69) is 6.07 Å². The SMILES string of the molecule is CC(C)OCCOCCOc1ccc(C#N)cc1. The van der Waals surface area contributed by atoms with Gasteiger partial charge in [-0.3, -0.25) is 0 Å². The van der Waals surface area contributed by atoms with Crippen molar-refractivity contribution in [3.05, 3.63) is 29.8 Å². The summed E-state index contributed by atoms with van der Waals surface area (Å²) in [5, 5.41) is 8.64. The molecule has 18 heavy (non-hydrogen) atoms. The van der Waals surface area contributed by atoms with Gasteiger partial charge in [0, 0.05) is 0 Å². The second-order valence-corrected chi connectivity index (χ2v) is 4.02. The van der Waals surface area contributed by atoms with E-state index in [1.165, 1.54) is 0 Å². The minimum atomic E-state index is 0.239. The monoisotopic (exact) mass is 249 g/mol. The van der Waals surface area contributed by atoms with E-state index in [0.717, 1.165) is 5.75 Å². The van der Waals surface area contributed by atoms with Crippen LogP contribution in [0.25, 0.3) is 0 Å². The average Bonchev–Trinajstić information content (AvgIpc) is 2.38. The Balaban J connectivity index is 2.05. The van der Waals surface area contributed by atoms with Crippen molar-refractivity contribution in [2.45, 2.75) is 20.0 Å². The van der Waals surface area contributed by atoms with E-state index >= 15 is 0 Å². The lowest BCUT2D eigenvalue weighted by Gasteiger charge is -2.09. The fourth-order valence-electron chi connectivity index (χ4n) is 1.29. The summed E-state index contributed by atoms with van der Waals surface area (Å²) in [6, 6.07) is 9.07. The fourth-order valence-corrected chi connectivity index (χ4v) is 1.29. The lowest BCUT2D eigenvalue weighted by atomic mass is 10.2. The number of nitrogens with zero attached hydrogens (tertiary/aromatic N) is 1. The first kappa shape index (κ1) is 14.5. The van der Waals surface area contributed by atoms with Crippen LogP contribution in [0.15, 0.2) is 24.3 Å². The summed E-state index contributed by atoms with van der Waals surface area (Å²) in [5.41, 5.74) is 0.629. The molecule has 98 valence electrons. The van der Waals surface area contributed by atoms with Crippen molar-refractivity contribution in [3.8, 4) is 11.8 Å². The third-order valence-electron chi connectivity index (χ3n) is 2.16. The van der Waals surface area contributed by atoms with Gasteiger partial charge in [-0.25, -0.2) is 0 Å². The third-order valence-corrected chi connectivity index (χ3v) is 2.16. The third kappa shape index (κ3) is 6.24. The molecule has 4 heteroatoms. The second-order valence-electron chi connectivity index (χ2n) is 4.02. The van der Waals surface area contributed by atoms with Crippen LogP contribution in [-0.2, 0) is 9.47 Å². The summed E-state index contributed by atoms with van der Waals surface area (Å²) < 4.78 is 16.1. The Hall–Kier alpha value is -1.57. The first-order chi connectivity index (χ1) is 8.72. The molecule has 0 atom stereocenters. The van der Waals surface area contributed by atoms with Crippen molar-refractivity contribution in [3.63, 3.8) is 0 Å². The largest absolute Gasteiger partial charge is 0.491 e. The van der Waals surface area contributed by atoms with Crippen molar-refractivity contribution in [1.29, 1.82) is 5.26 Å². The highest BCUT2D eigenvalue weighted by molar-refractivity contribution is 5.34. The number of hydrogen-bond donors (Lipinski definition) is 0. The molecular formula is C14H19NO3. The minimum Gasteiger partial charge on any atom is -0.491 e. The van der Waals surface area contributed by atoms with E-state index in [1.54, 1.807) is 24.3 Å². The molecule has 4 nitrogen and oxygen atoms in total. The van der Waals surface area contributed by atoms with Crippen molar-refractivity contribution < 1.29 is 14.2 Å². The Kier molecular flexibility index (Phi) is 6.85. The maximum atomic E-state index is 8.64. The number of ether oxygens (including phenoxy) is 3. The van der Waals surface area contributed by atoms with Gasteiger partial charge in [-0.1, -0.05) is 0 Å².